The first kappa shape index (κ1) is 28.3. The van der Waals surface area contributed by atoms with Crippen LogP contribution in [-0.2, 0) is 25.6 Å². The molecular weight excluding hydrogens is 532 g/mol. The van der Waals surface area contributed by atoms with Crippen molar-refractivity contribution in [2.24, 2.45) is 0 Å². The van der Waals surface area contributed by atoms with Crippen LogP contribution in [0.4, 0.5) is 0 Å². The molecule has 8 nitrogen and oxygen atoms in total. The third-order valence-corrected chi connectivity index (χ3v) is 7.22. The van der Waals surface area contributed by atoms with Crippen molar-refractivity contribution in [3.63, 3.8) is 0 Å². The number of nitrogens with one attached hydrogen (secondary N) is 1. The van der Waals surface area contributed by atoms with Gasteiger partial charge in [0.1, 0.15) is 0 Å². The molecule has 0 aliphatic rings. The summed E-state index contributed by atoms with van der Waals surface area (Å²) in [5.74, 6) is 0.128. The van der Waals surface area contributed by atoms with Gasteiger partial charge in [-0.05, 0) is 43.7 Å². The molecule has 0 atom stereocenters. The van der Waals surface area contributed by atoms with Gasteiger partial charge >= 0.3 is 11.9 Å². The lowest BCUT2D eigenvalue weighted by atomic mass is 10.2. The average Bonchev–Trinajstić information content (AvgIpc) is 3.53. The Morgan fingerprint density at radius 2 is 1.38 bits per heavy atom. The molecule has 2 heterocycles. The molecular formula is C29H30N4O4S2. The van der Waals surface area contributed by atoms with Gasteiger partial charge in [0.05, 0.1) is 53.3 Å². The van der Waals surface area contributed by atoms with E-state index in [9.17, 15) is 9.59 Å². The fourth-order valence-corrected chi connectivity index (χ4v) is 5.23. The molecule has 5 aromatic rings. The van der Waals surface area contributed by atoms with Crippen LogP contribution in [0.5, 0.6) is 0 Å². The van der Waals surface area contributed by atoms with Crippen LogP contribution in [0.15, 0.2) is 89.2 Å². The molecule has 0 fully saturated rings. The summed E-state index contributed by atoms with van der Waals surface area (Å²) in [6.07, 6.45) is 0. The highest BCUT2D eigenvalue weighted by Crippen LogP contribution is 2.25. The number of aromatic amines is 1. The topological polar surface area (TPSA) is 99.1 Å². The van der Waals surface area contributed by atoms with Gasteiger partial charge in [-0.1, -0.05) is 78.1 Å². The number of hydrogen-bond donors (Lipinski definition) is 1. The van der Waals surface area contributed by atoms with Crippen molar-refractivity contribution in [2.75, 3.05) is 24.7 Å². The second kappa shape index (κ2) is 14.4. The molecule has 0 aliphatic carbocycles. The van der Waals surface area contributed by atoms with E-state index in [0.29, 0.717) is 13.2 Å². The smallest absolute Gasteiger partial charge is 0.316 e. The van der Waals surface area contributed by atoms with E-state index in [1.807, 2.05) is 67.6 Å². The van der Waals surface area contributed by atoms with Crippen molar-refractivity contribution in [3.8, 4) is 0 Å². The zero-order valence-corrected chi connectivity index (χ0v) is 23.5. The summed E-state index contributed by atoms with van der Waals surface area (Å²) < 4.78 is 12.0. The molecule has 0 radical (unpaired) electrons. The maximum Gasteiger partial charge on any atom is 0.316 e. The van der Waals surface area contributed by atoms with Crippen LogP contribution in [0, 0.1) is 0 Å². The van der Waals surface area contributed by atoms with Crippen LogP contribution in [0.2, 0.25) is 0 Å². The summed E-state index contributed by atoms with van der Waals surface area (Å²) in [6, 6.07) is 26.0. The highest BCUT2D eigenvalue weighted by Gasteiger charge is 2.13. The summed E-state index contributed by atoms with van der Waals surface area (Å²) >= 11 is 2.77. The first-order valence-corrected chi connectivity index (χ1v) is 14.5. The van der Waals surface area contributed by atoms with E-state index in [-0.39, 0.29) is 23.4 Å². The van der Waals surface area contributed by atoms with Crippen LogP contribution in [0.3, 0.4) is 0 Å². The van der Waals surface area contributed by atoms with Crippen LogP contribution < -0.4 is 0 Å². The minimum absolute atomic E-state index is 0.212. The normalized spacial score (nSPS) is 10.7. The highest BCUT2D eigenvalue weighted by atomic mass is 32.2. The van der Waals surface area contributed by atoms with Gasteiger partial charge in [-0.15, -0.1) is 0 Å². The second-order valence-electron chi connectivity index (χ2n) is 8.20. The quantitative estimate of drug-likeness (QED) is 0.165. The third kappa shape index (κ3) is 8.11. The maximum atomic E-state index is 11.6. The summed E-state index contributed by atoms with van der Waals surface area (Å²) in [7, 11) is 0. The Morgan fingerprint density at radius 1 is 0.769 bits per heavy atom. The molecule has 0 unspecified atom stereocenters. The lowest BCUT2D eigenvalue weighted by Crippen LogP contribution is -2.08. The fourth-order valence-electron chi connectivity index (χ4n) is 3.74. The van der Waals surface area contributed by atoms with Crippen molar-refractivity contribution in [2.45, 2.75) is 30.7 Å². The van der Waals surface area contributed by atoms with E-state index in [4.69, 9.17) is 9.47 Å². The van der Waals surface area contributed by atoms with Crippen LogP contribution in [0.25, 0.3) is 22.1 Å². The van der Waals surface area contributed by atoms with Gasteiger partial charge < -0.3 is 19.0 Å². The Kier molecular flexibility index (Phi) is 10.4. The summed E-state index contributed by atoms with van der Waals surface area (Å²) in [5, 5.41) is 1.58. The number of benzene rings is 3. The van der Waals surface area contributed by atoms with Crippen molar-refractivity contribution in [3.05, 3.63) is 84.4 Å². The van der Waals surface area contributed by atoms with Crippen LogP contribution in [-0.4, -0.2) is 56.2 Å². The lowest BCUT2D eigenvalue weighted by Gasteiger charge is -2.09. The summed E-state index contributed by atoms with van der Waals surface area (Å²) in [5.41, 5.74) is 5.11. The zero-order chi connectivity index (χ0) is 27.5. The molecule has 3 aromatic carbocycles. The number of H-pyrrole nitrogens is 1. The van der Waals surface area contributed by atoms with E-state index >= 15 is 0 Å². The van der Waals surface area contributed by atoms with Crippen LogP contribution >= 0.6 is 23.5 Å². The number of hydrogen-bond acceptors (Lipinski definition) is 8. The molecule has 0 spiro atoms. The van der Waals surface area contributed by atoms with Gasteiger partial charge in [-0.2, -0.15) is 0 Å². The molecule has 1 N–H and O–H groups in total. The van der Waals surface area contributed by atoms with E-state index in [1.54, 1.807) is 6.92 Å². The Bertz CT molecular complexity index is 1480. The maximum absolute atomic E-state index is 11.6. The number of aromatic nitrogens is 4. The number of fused-ring (bicyclic) bond motifs is 2. The molecule has 0 saturated carbocycles. The van der Waals surface area contributed by atoms with E-state index in [2.05, 4.69) is 37.7 Å². The number of imidazole rings is 2. The number of esters is 2. The zero-order valence-electron chi connectivity index (χ0n) is 21.8. The Morgan fingerprint density at radius 3 is 2.08 bits per heavy atom. The van der Waals surface area contributed by atoms with Crippen molar-refractivity contribution in [1.82, 2.24) is 19.5 Å². The number of carbonyl (C=O) groups excluding carboxylic acids is 2. The van der Waals surface area contributed by atoms with E-state index < -0.39 is 0 Å². The SMILES string of the molecule is CCOC(=O)CSc1nc2ccccc2[nH]1.CCOC(=O)CSc1nc2ccccc2n1Cc1ccccc1. The predicted molar refractivity (Wildman–Crippen MR) is 156 cm³/mol. The molecule has 2 aromatic heterocycles. The van der Waals surface area contributed by atoms with Crippen molar-refractivity contribution in [1.29, 1.82) is 0 Å². The minimum Gasteiger partial charge on any atom is -0.465 e. The first-order chi connectivity index (χ1) is 19.1. The summed E-state index contributed by atoms with van der Waals surface area (Å²) in [4.78, 5) is 34.9. The standard InChI is InChI=1S/C18H18N2O2S.C11H12N2O2S/c1-2-22-17(21)13-23-18-19-15-10-6-7-11-16(15)20(18)12-14-8-4-3-5-9-14;1-2-15-10(14)7-16-11-12-8-5-3-4-6-9(8)13-11/h3-11H,2,12-13H2,1H3;3-6H,2,7H2,1H3,(H,12,13). The number of thioether (sulfide) groups is 2. The van der Waals surface area contributed by atoms with Gasteiger partial charge in [0.2, 0.25) is 0 Å². The molecule has 5 rings (SSSR count). The molecule has 0 amide bonds. The molecule has 0 bridgehead atoms. The second-order valence-corrected chi connectivity index (χ2v) is 10.1. The van der Waals surface area contributed by atoms with E-state index in [1.165, 1.54) is 29.1 Å². The average molecular weight is 563 g/mol. The Balaban J connectivity index is 0.000000193. The fraction of sp³-hybridized carbons (Fsp3) is 0.241. The number of para-hydroxylation sites is 4. The first-order valence-electron chi connectivity index (χ1n) is 12.6. The van der Waals surface area contributed by atoms with Gasteiger partial charge in [0.15, 0.2) is 10.3 Å². The monoisotopic (exact) mass is 562 g/mol. The number of rotatable bonds is 10. The molecule has 0 aliphatic heterocycles. The number of nitrogens with zero attached hydrogens (tertiary/aromatic N) is 3. The highest BCUT2D eigenvalue weighted by molar-refractivity contribution is 8.00. The van der Waals surface area contributed by atoms with Gasteiger partial charge in [-0.3, -0.25) is 9.59 Å². The van der Waals surface area contributed by atoms with Gasteiger partial charge in [0, 0.05) is 0 Å². The lowest BCUT2D eigenvalue weighted by molar-refractivity contribution is -0.140. The number of ether oxygens (including phenoxy) is 2. The Hall–Kier alpha value is -3.76. The predicted octanol–water partition coefficient (Wildman–Crippen LogP) is 5.96. The third-order valence-electron chi connectivity index (χ3n) is 5.43. The molecule has 39 heavy (non-hydrogen) atoms. The van der Waals surface area contributed by atoms with E-state index in [0.717, 1.165) is 38.9 Å². The van der Waals surface area contributed by atoms with Crippen molar-refractivity contribution >= 4 is 57.5 Å². The van der Waals surface area contributed by atoms with Crippen molar-refractivity contribution < 1.29 is 19.1 Å². The largest absolute Gasteiger partial charge is 0.465 e. The summed E-state index contributed by atoms with van der Waals surface area (Å²) in [6.45, 7) is 5.16. The number of carbonyl (C=O) groups is 2. The Labute approximate surface area is 235 Å². The van der Waals surface area contributed by atoms with Gasteiger partial charge in [-0.25, -0.2) is 9.97 Å². The minimum atomic E-state index is -0.215. The molecule has 202 valence electrons. The molecule has 0 saturated heterocycles. The van der Waals surface area contributed by atoms with Crippen LogP contribution in [0.1, 0.15) is 19.4 Å². The molecule has 10 heteroatoms. The van der Waals surface area contributed by atoms with Gasteiger partial charge in [0.25, 0.3) is 0 Å².